The second kappa shape index (κ2) is 34.6. The van der Waals surface area contributed by atoms with Crippen LogP contribution >= 0.6 is 0 Å². The van der Waals surface area contributed by atoms with Gasteiger partial charge in [0.05, 0.1) is 39.6 Å². The minimum absolute atomic E-state index is 0.00557. The molecular weight excluding hydrogens is 1330 g/mol. The molecule has 5 heterocycles. The monoisotopic (exact) mass is 1410 g/mol. The summed E-state index contributed by atoms with van der Waals surface area (Å²) in [6.07, 6.45) is -46.5. The fourth-order valence-electron chi connectivity index (χ4n) is 11.1. The molecule has 0 amide bonds. The lowest BCUT2D eigenvalue weighted by Gasteiger charge is -2.51. The first-order valence-corrected chi connectivity index (χ1v) is 30.5. The first-order chi connectivity index (χ1) is 47.1. The second-order valence-corrected chi connectivity index (χ2v) is 22.9. The van der Waals surface area contributed by atoms with Crippen LogP contribution in [0.3, 0.4) is 0 Å². The molecule has 0 saturated carbocycles. The molecule has 5 saturated heterocycles. The highest BCUT2D eigenvalue weighted by Gasteiger charge is 2.65. The predicted molar refractivity (Wildman–Crippen MR) is 320 cm³/mol. The van der Waals surface area contributed by atoms with E-state index >= 15 is 0 Å². The Morgan fingerprint density at radius 2 is 0.929 bits per heavy atom. The van der Waals surface area contributed by atoms with Gasteiger partial charge < -0.3 is 147 Å². The minimum Gasteiger partial charge on any atom is -0.504 e. The topological polar surface area (TPSA) is 522 Å². The molecule has 5 aliphatic rings. The molecular formula is C63H78O36. The van der Waals surface area contributed by atoms with Crippen LogP contribution < -0.4 is 9.47 Å². The summed E-state index contributed by atoms with van der Waals surface area (Å²) in [7, 11) is 2.50. The number of esters is 6. The van der Waals surface area contributed by atoms with Crippen molar-refractivity contribution in [3.8, 4) is 23.0 Å². The van der Waals surface area contributed by atoms with Crippen LogP contribution in [0.1, 0.15) is 42.3 Å². The number of hydrogen-bond acceptors (Lipinski definition) is 36. The Labute approximate surface area is 562 Å². The fourth-order valence-corrected chi connectivity index (χ4v) is 11.1. The molecule has 5 fully saturated rings. The lowest BCUT2D eigenvalue weighted by molar-refractivity contribution is -0.423. The summed E-state index contributed by atoms with van der Waals surface area (Å²) in [4.78, 5) is 81.2. The van der Waals surface area contributed by atoms with Crippen LogP contribution in [0.2, 0.25) is 0 Å². The lowest BCUT2D eigenvalue weighted by Crippen LogP contribution is -2.70. The SMILES string of the molecule is COc1cc(C=CC(=O)OC[C@@]2(O[C@H]3O[C@H](COC(C)=O)[C@@H](OC(=O)C=Cc4ccc(O)c(OC)c4)[C@H](O[C@@H]4O[C@H](COC(C)=O)[C@@H](OC(C)=O)[C@H](O[C@@H]5O[C@H](CO)[C@@H](O)[C@H](O)[C@H]5O)[C@H]4O)[C@H]3O[C@@H]3O[C@H](CO)[C@@H](O)[C@H](O)[C@H]3O)O[C@H](CO)[C@@H](O)[C@@H]2OC(=O)c2ccccc2)ccc1O. The van der Waals surface area contributed by atoms with E-state index in [1.165, 1.54) is 81.0 Å². The van der Waals surface area contributed by atoms with Crippen molar-refractivity contribution >= 4 is 48.0 Å². The summed E-state index contributed by atoms with van der Waals surface area (Å²) < 4.78 is 101. The maximum absolute atomic E-state index is 14.6. The molecule has 0 spiro atoms. The predicted octanol–water partition coefficient (Wildman–Crippen LogP) is -4.39. The van der Waals surface area contributed by atoms with Crippen LogP contribution in [0.5, 0.6) is 23.0 Å². The van der Waals surface area contributed by atoms with E-state index in [0.717, 1.165) is 39.0 Å². The Bertz CT molecular complexity index is 3270. The van der Waals surface area contributed by atoms with Gasteiger partial charge in [-0.2, -0.15) is 0 Å². The van der Waals surface area contributed by atoms with Crippen LogP contribution in [-0.4, -0.2) is 303 Å². The van der Waals surface area contributed by atoms with Gasteiger partial charge in [0.2, 0.25) is 5.79 Å². The van der Waals surface area contributed by atoms with Gasteiger partial charge in [-0.25, -0.2) is 14.4 Å². The molecule has 5 aliphatic heterocycles. The Morgan fingerprint density at radius 1 is 0.465 bits per heavy atom. The number of carbonyl (C=O) groups excluding carboxylic acids is 6. The standard InChI is InChI=1S/C63H78O36/c1-27(67)85-24-40-52(88-29(3)69)54(94-59-49(79)47(77)44(74)37(21-64)89-59)51(81)61(91-40)95-55-53(93-43(73)18-14-31-12-16-34(71)36(20-31)84-5)41(25-86-28(2)68)92-62(56(55)96-60-50(80)48(78)45(75)38(22-65)90-60)99-63(26-87-42(72)17-13-30-11-15-33(70)35(19-30)83-4)57(46(76)39(23-66)98-63)97-58(82)32-9-7-6-8-10-32/h6-20,37-41,44-57,59-62,64-66,70-71,74-81H,21-26H2,1-5H3/t37-,38-,39-,40-,41-,44-,45-,46-,47+,48+,49-,50-,51-,52-,53-,54-,55+,56-,57+,59+,60+,61+,62-,63+/m1/s1. The number of aromatic hydroxyl groups is 2. The Morgan fingerprint density at radius 3 is 1.42 bits per heavy atom. The van der Waals surface area contributed by atoms with Gasteiger partial charge in [-0.05, 0) is 59.7 Å². The minimum atomic E-state index is -3.06. The van der Waals surface area contributed by atoms with Crippen molar-refractivity contribution in [2.45, 2.75) is 168 Å². The summed E-state index contributed by atoms with van der Waals surface area (Å²) in [6, 6.07) is 14.8. The Kier molecular flexibility index (Phi) is 27.0. The van der Waals surface area contributed by atoms with E-state index in [2.05, 4.69) is 0 Å². The van der Waals surface area contributed by atoms with Gasteiger partial charge in [0.25, 0.3) is 0 Å². The number of carbonyl (C=O) groups is 6. The average molecular weight is 1410 g/mol. The number of methoxy groups -OCH3 is 2. The third-order valence-corrected chi connectivity index (χ3v) is 16.1. The molecule has 3 aromatic rings. The summed E-state index contributed by atoms with van der Waals surface area (Å²) in [5.41, 5.74) is 0.278. The van der Waals surface area contributed by atoms with Crippen molar-refractivity contribution in [1.29, 1.82) is 0 Å². The number of ether oxygens (including phenoxy) is 17. The molecule has 36 nitrogen and oxygen atoms in total. The third-order valence-electron chi connectivity index (χ3n) is 16.1. The molecule has 36 heteroatoms. The number of rotatable bonds is 27. The molecule has 0 aromatic heterocycles. The van der Waals surface area contributed by atoms with Crippen molar-refractivity contribution in [3.05, 3.63) is 95.6 Å². The quantitative estimate of drug-likeness (QED) is 0.0195. The van der Waals surface area contributed by atoms with E-state index in [9.17, 15) is 95.2 Å². The Balaban J connectivity index is 1.33. The van der Waals surface area contributed by atoms with E-state index in [1.54, 1.807) is 6.07 Å². The molecule has 13 N–H and O–H groups in total. The highest BCUT2D eigenvalue weighted by molar-refractivity contribution is 5.90. The molecule has 0 radical (unpaired) electrons. The summed E-state index contributed by atoms with van der Waals surface area (Å²) in [5.74, 6) is -10.7. The molecule has 0 aliphatic carbocycles. The van der Waals surface area contributed by atoms with Gasteiger partial charge in [0.15, 0.2) is 66.5 Å². The first-order valence-electron chi connectivity index (χ1n) is 30.5. The zero-order chi connectivity index (χ0) is 72.2. The highest BCUT2D eigenvalue weighted by atomic mass is 16.8. The maximum Gasteiger partial charge on any atom is 0.338 e. The first kappa shape index (κ1) is 77.1. The number of benzene rings is 3. The van der Waals surface area contributed by atoms with E-state index in [1.807, 2.05) is 0 Å². The average Bonchev–Trinajstić information content (AvgIpc) is 1.71. The molecule has 99 heavy (non-hydrogen) atoms. The zero-order valence-electron chi connectivity index (χ0n) is 53.4. The second-order valence-electron chi connectivity index (χ2n) is 22.9. The van der Waals surface area contributed by atoms with E-state index in [-0.39, 0.29) is 39.7 Å². The van der Waals surface area contributed by atoms with Crippen molar-refractivity contribution in [1.82, 2.24) is 0 Å². The van der Waals surface area contributed by atoms with Crippen LogP contribution in [0.4, 0.5) is 0 Å². The molecule has 3 aromatic carbocycles. The summed E-state index contributed by atoms with van der Waals surface area (Å²) in [6.45, 7) is -3.79. The molecule has 0 unspecified atom stereocenters. The summed E-state index contributed by atoms with van der Waals surface area (Å²) >= 11 is 0. The van der Waals surface area contributed by atoms with E-state index in [4.69, 9.17) is 80.5 Å². The third kappa shape index (κ3) is 18.7. The van der Waals surface area contributed by atoms with Crippen LogP contribution in [-0.2, 0) is 95.0 Å². The number of phenols is 2. The zero-order valence-corrected chi connectivity index (χ0v) is 53.4. The summed E-state index contributed by atoms with van der Waals surface area (Å²) in [5, 5.41) is 144. The molecule has 0 bridgehead atoms. The van der Waals surface area contributed by atoms with Crippen molar-refractivity contribution < 1.29 is 176 Å². The molecule has 546 valence electrons. The van der Waals surface area contributed by atoms with Crippen molar-refractivity contribution in [2.75, 3.05) is 53.9 Å². The van der Waals surface area contributed by atoms with Crippen LogP contribution in [0.25, 0.3) is 12.2 Å². The maximum atomic E-state index is 14.6. The fraction of sp³-hybridized carbons (Fsp3) is 0.556. The van der Waals surface area contributed by atoms with Gasteiger partial charge in [-0.3, -0.25) is 14.4 Å². The number of phenolic OH excluding ortho intramolecular Hbond substituents is 2. The van der Waals surface area contributed by atoms with E-state index in [0.29, 0.717) is 0 Å². The van der Waals surface area contributed by atoms with Crippen LogP contribution in [0, 0.1) is 0 Å². The van der Waals surface area contributed by atoms with Crippen molar-refractivity contribution in [2.24, 2.45) is 0 Å². The normalized spacial score (nSPS) is 34.6. The van der Waals surface area contributed by atoms with Gasteiger partial charge in [-0.1, -0.05) is 30.3 Å². The number of aliphatic hydroxyl groups excluding tert-OH is 11. The number of hydrogen-bond donors (Lipinski definition) is 13. The van der Waals surface area contributed by atoms with Gasteiger partial charge in [0, 0.05) is 32.9 Å². The number of aliphatic hydroxyl groups is 11. The van der Waals surface area contributed by atoms with Gasteiger partial charge >= 0.3 is 35.8 Å². The lowest BCUT2D eigenvalue weighted by atomic mass is 9.95. The largest absolute Gasteiger partial charge is 0.504 e. The van der Waals surface area contributed by atoms with Gasteiger partial charge in [-0.15, -0.1) is 0 Å². The highest BCUT2D eigenvalue weighted by Crippen LogP contribution is 2.43. The van der Waals surface area contributed by atoms with E-state index < -0.39 is 222 Å². The molecule has 24 atom stereocenters. The van der Waals surface area contributed by atoms with Gasteiger partial charge in [0.1, 0.15) is 117 Å². The molecule has 8 rings (SSSR count). The smallest absolute Gasteiger partial charge is 0.338 e. The van der Waals surface area contributed by atoms with Crippen LogP contribution in [0.15, 0.2) is 78.9 Å². The van der Waals surface area contributed by atoms with Crippen molar-refractivity contribution in [3.63, 3.8) is 0 Å². The Hall–Kier alpha value is -7.64.